The normalized spacial score (nSPS) is 19.4. The molecule has 0 aliphatic carbocycles. The molecular formula is C7H19N3O. The van der Waals surface area contributed by atoms with Crippen LogP contribution in [0.2, 0.25) is 0 Å². The molecule has 0 fully saturated rings. The summed E-state index contributed by atoms with van der Waals surface area (Å²) in [6, 6.07) is 0. The summed E-state index contributed by atoms with van der Waals surface area (Å²) in [5.41, 5.74) is 10.6. The Labute approximate surface area is 68.0 Å². The maximum absolute atomic E-state index is 8.78. The van der Waals surface area contributed by atoms with Crippen molar-refractivity contribution in [1.82, 2.24) is 5.32 Å². The van der Waals surface area contributed by atoms with E-state index in [0.717, 1.165) is 13.0 Å². The first-order valence-electron chi connectivity index (χ1n) is 3.86. The zero-order valence-corrected chi connectivity index (χ0v) is 7.30. The Bertz CT molecular complexity index is 104. The number of nitrogens with one attached hydrogen (secondary N) is 1. The van der Waals surface area contributed by atoms with Gasteiger partial charge in [0.25, 0.3) is 0 Å². The van der Waals surface area contributed by atoms with Crippen molar-refractivity contribution in [2.24, 2.45) is 11.5 Å². The van der Waals surface area contributed by atoms with Gasteiger partial charge in [-0.25, -0.2) is 0 Å². The van der Waals surface area contributed by atoms with Crippen LogP contribution in [0, 0.1) is 0 Å². The first-order chi connectivity index (χ1) is 4.98. The first-order valence-corrected chi connectivity index (χ1v) is 3.86. The molecule has 0 aliphatic heterocycles. The Morgan fingerprint density at radius 1 is 1.64 bits per heavy atom. The zero-order chi connectivity index (χ0) is 8.91. The van der Waals surface area contributed by atoms with Crippen molar-refractivity contribution in [3.8, 4) is 0 Å². The van der Waals surface area contributed by atoms with E-state index >= 15 is 0 Å². The quantitative estimate of drug-likeness (QED) is 0.389. The summed E-state index contributed by atoms with van der Waals surface area (Å²) < 4.78 is 0. The Balaban J connectivity index is 3.38. The van der Waals surface area contributed by atoms with Crippen molar-refractivity contribution in [2.75, 3.05) is 13.2 Å². The minimum absolute atomic E-state index is 0.00757. The number of rotatable bonds is 5. The average Bonchev–Trinajstić information content (AvgIpc) is 1.87. The Hall–Kier alpha value is -0.160. The minimum atomic E-state index is -0.484. The lowest BCUT2D eigenvalue weighted by Crippen LogP contribution is -2.45. The average molecular weight is 161 g/mol. The molecule has 0 spiro atoms. The molecule has 0 radical (unpaired) electrons. The molecular weight excluding hydrogens is 142 g/mol. The van der Waals surface area contributed by atoms with Gasteiger partial charge in [-0.05, 0) is 26.8 Å². The fourth-order valence-electron chi connectivity index (χ4n) is 0.664. The van der Waals surface area contributed by atoms with Gasteiger partial charge in [0, 0.05) is 5.54 Å². The van der Waals surface area contributed by atoms with E-state index < -0.39 is 5.54 Å². The van der Waals surface area contributed by atoms with Crippen LogP contribution < -0.4 is 16.8 Å². The zero-order valence-electron chi connectivity index (χ0n) is 7.30. The number of aliphatic hydroxyl groups excluding tert-OH is 1. The molecule has 0 aromatic heterocycles. The SMILES string of the molecule is CC(N)NCCC(C)(N)CO. The molecule has 0 rings (SSSR count). The molecule has 4 nitrogen and oxygen atoms in total. The summed E-state index contributed by atoms with van der Waals surface area (Å²) in [5, 5.41) is 11.8. The predicted molar refractivity (Wildman–Crippen MR) is 45.9 cm³/mol. The van der Waals surface area contributed by atoms with Crippen molar-refractivity contribution >= 4 is 0 Å². The van der Waals surface area contributed by atoms with E-state index in [0.29, 0.717) is 0 Å². The number of hydrogen-bond acceptors (Lipinski definition) is 4. The second kappa shape index (κ2) is 4.66. The van der Waals surface area contributed by atoms with Gasteiger partial charge in [-0.3, -0.25) is 0 Å². The Kier molecular flexibility index (Phi) is 4.60. The third-order valence-electron chi connectivity index (χ3n) is 1.52. The molecule has 0 amide bonds. The van der Waals surface area contributed by atoms with E-state index in [9.17, 15) is 0 Å². The molecule has 0 saturated heterocycles. The second-order valence-corrected chi connectivity index (χ2v) is 3.30. The largest absolute Gasteiger partial charge is 0.394 e. The van der Waals surface area contributed by atoms with Gasteiger partial charge in [-0.15, -0.1) is 0 Å². The van der Waals surface area contributed by atoms with E-state index in [2.05, 4.69) is 5.32 Å². The van der Waals surface area contributed by atoms with Crippen LogP contribution in [-0.2, 0) is 0 Å². The second-order valence-electron chi connectivity index (χ2n) is 3.30. The fourth-order valence-corrected chi connectivity index (χ4v) is 0.664. The molecule has 4 heteroatoms. The summed E-state index contributed by atoms with van der Waals surface area (Å²) >= 11 is 0. The van der Waals surface area contributed by atoms with Crippen LogP contribution in [0.15, 0.2) is 0 Å². The number of hydrogen-bond donors (Lipinski definition) is 4. The Morgan fingerprint density at radius 2 is 2.18 bits per heavy atom. The molecule has 0 bridgehead atoms. The van der Waals surface area contributed by atoms with Gasteiger partial charge in [-0.1, -0.05) is 0 Å². The highest BCUT2D eigenvalue weighted by Gasteiger charge is 2.15. The van der Waals surface area contributed by atoms with E-state index in [-0.39, 0.29) is 12.8 Å². The van der Waals surface area contributed by atoms with Gasteiger partial charge >= 0.3 is 0 Å². The van der Waals surface area contributed by atoms with E-state index in [1.54, 1.807) is 0 Å². The van der Waals surface area contributed by atoms with Crippen molar-refractivity contribution in [3.63, 3.8) is 0 Å². The summed E-state index contributed by atoms with van der Waals surface area (Å²) in [4.78, 5) is 0. The van der Waals surface area contributed by atoms with Crippen molar-refractivity contribution < 1.29 is 5.11 Å². The molecule has 0 heterocycles. The molecule has 0 saturated carbocycles. The molecule has 11 heavy (non-hydrogen) atoms. The lowest BCUT2D eigenvalue weighted by atomic mass is 10.0. The van der Waals surface area contributed by atoms with Crippen LogP contribution in [0.1, 0.15) is 20.3 Å². The summed E-state index contributed by atoms with van der Waals surface area (Å²) in [6.45, 7) is 4.43. The monoisotopic (exact) mass is 161 g/mol. The lowest BCUT2D eigenvalue weighted by molar-refractivity contribution is 0.199. The van der Waals surface area contributed by atoms with Gasteiger partial charge in [0.05, 0.1) is 12.8 Å². The fraction of sp³-hybridized carbons (Fsp3) is 1.00. The third kappa shape index (κ3) is 6.25. The van der Waals surface area contributed by atoms with Crippen LogP contribution in [0.25, 0.3) is 0 Å². The predicted octanol–water partition coefficient (Wildman–Crippen LogP) is -1.02. The van der Waals surface area contributed by atoms with Crippen LogP contribution >= 0.6 is 0 Å². The summed E-state index contributed by atoms with van der Waals surface area (Å²) in [6.07, 6.45) is 0.717. The maximum atomic E-state index is 8.78. The van der Waals surface area contributed by atoms with E-state index in [1.807, 2.05) is 13.8 Å². The maximum Gasteiger partial charge on any atom is 0.0608 e. The highest BCUT2D eigenvalue weighted by molar-refractivity contribution is 4.78. The van der Waals surface area contributed by atoms with Crippen LogP contribution in [0.5, 0.6) is 0 Å². The van der Waals surface area contributed by atoms with Crippen LogP contribution in [-0.4, -0.2) is 30.0 Å². The molecule has 0 aromatic rings. The van der Waals surface area contributed by atoms with Gasteiger partial charge in [0.2, 0.25) is 0 Å². The van der Waals surface area contributed by atoms with Crippen molar-refractivity contribution in [1.29, 1.82) is 0 Å². The summed E-state index contributed by atoms with van der Waals surface area (Å²) in [7, 11) is 0. The topological polar surface area (TPSA) is 84.3 Å². The van der Waals surface area contributed by atoms with E-state index in [1.165, 1.54) is 0 Å². The third-order valence-corrected chi connectivity index (χ3v) is 1.52. The van der Waals surface area contributed by atoms with Gasteiger partial charge < -0.3 is 21.9 Å². The molecule has 6 N–H and O–H groups in total. The number of aliphatic hydroxyl groups is 1. The lowest BCUT2D eigenvalue weighted by Gasteiger charge is -2.22. The van der Waals surface area contributed by atoms with Gasteiger partial charge in [-0.2, -0.15) is 0 Å². The minimum Gasteiger partial charge on any atom is -0.394 e. The molecule has 2 unspecified atom stereocenters. The van der Waals surface area contributed by atoms with Crippen LogP contribution in [0.3, 0.4) is 0 Å². The number of nitrogens with two attached hydrogens (primary N) is 2. The Morgan fingerprint density at radius 3 is 2.55 bits per heavy atom. The molecule has 0 aromatic carbocycles. The standard InChI is InChI=1S/C7H19N3O/c1-6(8)10-4-3-7(2,9)5-11/h6,10-11H,3-5,8-9H2,1-2H3. The molecule has 2 atom stereocenters. The van der Waals surface area contributed by atoms with Gasteiger partial charge in [0.15, 0.2) is 0 Å². The van der Waals surface area contributed by atoms with Crippen molar-refractivity contribution in [3.05, 3.63) is 0 Å². The smallest absolute Gasteiger partial charge is 0.0608 e. The van der Waals surface area contributed by atoms with E-state index in [4.69, 9.17) is 16.6 Å². The first kappa shape index (κ1) is 10.8. The van der Waals surface area contributed by atoms with Crippen molar-refractivity contribution in [2.45, 2.75) is 32.0 Å². The molecule has 68 valence electrons. The molecule has 0 aliphatic rings. The highest BCUT2D eigenvalue weighted by Crippen LogP contribution is 2.01. The van der Waals surface area contributed by atoms with Gasteiger partial charge in [0.1, 0.15) is 0 Å². The summed E-state index contributed by atoms with van der Waals surface area (Å²) in [5.74, 6) is 0. The van der Waals surface area contributed by atoms with Crippen LogP contribution in [0.4, 0.5) is 0 Å². The highest BCUT2D eigenvalue weighted by atomic mass is 16.3.